The molecule has 17 heavy (non-hydrogen) atoms. The number of rotatable bonds is 4. The highest BCUT2D eigenvalue weighted by Gasteiger charge is 2.31. The van der Waals surface area contributed by atoms with Crippen molar-refractivity contribution in [1.29, 1.82) is 0 Å². The molecule has 0 aromatic carbocycles. The minimum Gasteiger partial charge on any atom is -0.392 e. The molecule has 1 saturated heterocycles. The van der Waals surface area contributed by atoms with Gasteiger partial charge in [-0.3, -0.25) is 0 Å². The van der Waals surface area contributed by atoms with Crippen LogP contribution >= 0.6 is 0 Å². The van der Waals surface area contributed by atoms with Crippen LogP contribution in [0.5, 0.6) is 0 Å². The van der Waals surface area contributed by atoms with Crippen molar-refractivity contribution >= 4 is 0 Å². The predicted molar refractivity (Wildman–Crippen MR) is 71.0 cm³/mol. The van der Waals surface area contributed by atoms with Crippen LogP contribution in [0.3, 0.4) is 0 Å². The number of aliphatic hydroxyl groups is 1. The first-order chi connectivity index (χ1) is 8.20. The molecule has 2 rings (SSSR count). The van der Waals surface area contributed by atoms with E-state index in [0.717, 1.165) is 31.5 Å². The molecule has 4 atom stereocenters. The van der Waals surface area contributed by atoms with E-state index >= 15 is 0 Å². The van der Waals surface area contributed by atoms with Crippen molar-refractivity contribution in [2.24, 2.45) is 11.8 Å². The van der Waals surface area contributed by atoms with Gasteiger partial charge in [-0.15, -0.1) is 0 Å². The SMILES string of the molecule is CCNC1CCCC1CN1CCC(C)C(O)C1. The van der Waals surface area contributed by atoms with Gasteiger partial charge in [0.2, 0.25) is 0 Å². The third-order valence-electron chi connectivity index (χ3n) is 4.62. The molecule has 0 bridgehead atoms. The Balaban J connectivity index is 1.80. The number of aliphatic hydroxyl groups excluding tert-OH is 1. The smallest absolute Gasteiger partial charge is 0.0693 e. The van der Waals surface area contributed by atoms with Gasteiger partial charge in [-0.1, -0.05) is 20.3 Å². The second-order valence-corrected chi connectivity index (χ2v) is 5.95. The second-order valence-electron chi connectivity index (χ2n) is 5.95. The number of β-amino-alcohol motifs (C(OH)–C–C–N with tert-alkyl or cyclic N) is 1. The van der Waals surface area contributed by atoms with Crippen LogP contribution in [-0.4, -0.2) is 48.3 Å². The molecule has 4 unspecified atom stereocenters. The normalized spacial score (nSPS) is 39.7. The predicted octanol–water partition coefficient (Wildman–Crippen LogP) is 1.47. The van der Waals surface area contributed by atoms with Crippen LogP contribution in [-0.2, 0) is 0 Å². The zero-order valence-electron chi connectivity index (χ0n) is 11.4. The van der Waals surface area contributed by atoms with E-state index in [1.54, 1.807) is 0 Å². The van der Waals surface area contributed by atoms with Gasteiger partial charge >= 0.3 is 0 Å². The molecular weight excluding hydrogens is 212 g/mol. The maximum Gasteiger partial charge on any atom is 0.0693 e. The Labute approximate surface area is 106 Å². The highest BCUT2D eigenvalue weighted by molar-refractivity contribution is 4.87. The maximum absolute atomic E-state index is 9.93. The van der Waals surface area contributed by atoms with E-state index in [0.29, 0.717) is 5.92 Å². The van der Waals surface area contributed by atoms with E-state index in [-0.39, 0.29) is 6.10 Å². The molecule has 0 spiro atoms. The van der Waals surface area contributed by atoms with Crippen molar-refractivity contribution in [1.82, 2.24) is 10.2 Å². The first-order valence-electron chi connectivity index (χ1n) is 7.34. The Morgan fingerprint density at radius 1 is 1.29 bits per heavy atom. The minimum absolute atomic E-state index is 0.109. The topological polar surface area (TPSA) is 35.5 Å². The molecule has 0 aromatic heterocycles. The molecule has 1 heterocycles. The van der Waals surface area contributed by atoms with E-state index < -0.39 is 0 Å². The summed E-state index contributed by atoms with van der Waals surface area (Å²) in [6.45, 7) is 8.69. The largest absolute Gasteiger partial charge is 0.392 e. The number of piperidine rings is 1. The molecular formula is C14H28N2O. The molecule has 0 radical (unpaired) electrons. The molecule has 0 amide bonds. The summed E-state index contributed by atoms with van der Waals surface area (Å²) in [7, 11) is 0. The van der Waals surface area contributed by atoms with Crippen LogP contribution in [0.15, 0.2) is 0 Å². The molecule has 1 aliphatic carbocycles. The zero-order chi connectivity index (χ0) is 12.3. The molecule has 2 aliphatic rings. The number of hydrogen-bond acceptors (Lipinski definition) is 3. The average molecular weight is 240 g/mol. The first kappa shape index (κ1) is 13.3. The van der Waals surface area contributed by atoms with Crippen LogP contribution in [0, 0.1) is 11.8 Å². The van der Waals surface area contributed by atoms with E-state index in [9.17, 15) is 5.11 Å². The quantitative estimate of drug-likeness (QED) is 0.781. The van der Waals surface area contributed by atoms with Crippen LogP contribution < -0.4 is 5.32 Å². The van der Waals surface area contributed by atoms with E-state index in [2.05, 4.69) is 24.1 Å². The number of hydrogen-bond donors (Lipinski definition) is 2. The molecule has 100 valence electrons. The summed E-state index contributed by atoms with van der Waals surface area (Å²) < 4.78 is 0. The third-order valence-corrected chi connectivity index (χ3v) is 4.62. The Hall–Kier alpha value is -0.120. The summed E-state index contributed by atoms with van der Waals surface area (Å²) in [6, 6.07) is 0.719. The van der Waals surface area contributed by atoms with Crippen molar-refractivity contribution in [3.05, 3.63) is 0 Å². The summed E-state index contributed by atoms with van der Waals surface area (Å²) in [5.41, 5.74) is 0. The maximum atomic E-state index is 9.93. The highest BCUT2D eigenvalue weighted by atomic mass is 16.3. The van der Waals surface area contributed by atoms with Gasteiger partial charge in [0.1, 0.15) is 0 Å². The molecule has 3 nitrogen and oxygen atoms in total. The Morgan fingerprint density at radius 3 is 2.82 bits per heavy atom. The molecule has 1 aliphatic heterocycles. The standard InChI is InChI=1S/C14H28N2O/c1-3-15-13-6-4-5-12(13)9-16-8-7-11(2)14(17)10-16/h11-15,17H,3-10H2,1-2H3. The van der Waals surface area contributed by atoms with E-state index in [1.807, 2.05) is 0 Å². The van der Waals surface area contributed by atoms with Crippen LogP contribution in [0.25, 0.3) is 0 Å². The van der Waals surface area contributed by atoms with Crippen molar-refractivity contribution in [3.8, 4) is 0 Å². The summed E-state index contributed by atoms with van der Waals surface area (Å²) in [5, 5.41) is 13.5. The lowest BCUT2D eigenvalue weighted by molar-refractivity contribution is 0.0216. The molecule has 2 fully saturated rings. The molecule has 2 N–H and O–H groups in total. The van der Waals surface area contributed by atoms with Gasteiger partial charge < -0.3 is 15.3 Å². The van der Waals surface area contributed by atoms with Gasteiger partial charge in [0.15, 0.2) is 0 Å². The van der Waals surface area contributed by atoms with Gasteiger partial charge in [0.05, 0.1) is 6.10 Å². The van der Waals surface area contributed by atoms with Gasteiger partial charge in [-0.2, -0.15) is 0 Å². The lowest BCUT2D eigenvalue weighted by atomic mass is 9.94. The summed E-state index contributed by atoms with van der Waals surface area (Å²) in [5.74, 6) is 1.29. The highest BCUT2D eigenvalue weighted by Crippen LogP contribution is 2.28. The summed E-state index contributed by atoms with van der Waals surface area (Å²) in [4.78, 5) is 2.48. The first-order valence-corrected chi connectivity index (χ1v) is 7.34. The van der Waals surface area contributed by atoms with Gasteiger partial charge in [-0.25, -0.2) is 0 Å². The fraction of sp³-hybridized carbons (Fsp3) is 1.00. The van der Waals surface area contributed by atoms with Crippen LogP contribution in [0.2, 0.25) is 0 Å². The van der Waals surface area contributed by atoms with Gasteiger partial charge in [-0.05, 0) is 44.2 Å². The third kappa shape index (κ3) is 3.43. The fourth-order valence-corrected chi connectivity index (χ4v) is 3.40. The van der Waals surface area contributed by atoms with Crippen LogP contribution in [0.1, 0.15) is 39.5 Å². The number of likely N-dealkylation sites (tertiary alicyclic amines) is 1. The van der Waals surface area contributed by atoms with Crippen LogP contribution in [0.4, 0.5) is 0 Å². The van der Waals surface area contributed by atoms with E-state index in [1.165, 1.54) is 32.4 Å². The molecule has 0 aromatic rings. The second kappa shape index (κ2) is 6.17. The van der Waals surface area contributed by atoms with E-state index in [4.69, 9.17) is 0 Å². The van der Waals surface area contributed by atoms with Gasteiger partial charge in [0.25, 0.3) is 0 Å². The Morgan fingerprint density at radius 2 is 2.12 bits per heavy atom. The number of nitrogens with one attached hydrogen (secondary N) is 1. The molecule has 1 saturated carbocycles. The lowest BCUT2D eigenvalue weighted by Crippen LogP contribution is -2.47. The zero-order valence-corrected chi connectivity index (χ0v) is 11.4. The monoisotopic (exact) mass is 240 g/mol. The Kier molecular flexibility index (Phi) is 4.83. The van der Waals surface area contributed by atoms with Crippen molar-refractivity contribution in [2.75, 3.05) is 26.2 Å². The number of nitrogens with zero attached hydrogens (tertiary/aromatic N) is 1. The van der Waals surface area contributed by atoms with Gasteiger partial charge in [0, 0.05) is 19.1 Å². The minimum atomic E-state index is -0.109. The summed E-state index contributed by atoms with van der Waals surface area (Å²) >= 11 is 0. The lowest BCUT2D eigenvalue weighted by Gasteiger charge is -2.36. The fourth-order valence-electron chi connectivity index (χ4n) is 3.40. The average Bonchev–Trinajstić information content (AvgIpc) is 2.72. The van der Waals surface area contributed by atoms with Crippen molar-refractivity contribution < 1.29 is 5.11 Å². The summed E-state index contributed by atoms with van der Waals surface area (Å²) in [6.07, 6.45) is 5.11. The van der Waals surface area contributed by atoms with Crippen molar-refractivity contribution in [3.63, 3.8) is 0 Å². The molecule has 3 heteroatoms. The Bertz CT molecular complexity index is 234. The van der Waals surface area contributed by atoms with Crippen molar-refractivity contribution in [2.45, 2.75) is 51.7 Å².